The van der Waals surface area contributed by atoms with Gasteiger partial charge in [-0.3, -0.25) is 0 Å². The Balaban J connectivity index is 1.47. The molecule has 6 atom stereocenters. The molecule has 0 spiro atoms. The molecule has 4 saturated carbocycles. The van der Waals surface area contributed by atoms with Crippen molar-refractivity contribution in [1.82, 2.24) is 0 Å². The minimum atomic E-state index is -0.325. The fraction of sp³-hybridized carbons (Fsp3) is 0.955. The summed E-state index contributed by atoms with van der Waals surface area (Å²) in [5.74, 6) is 2.90. The molecule has 4 rings (SSSR count). The molecular formula is C22H37O2. The van der Waals surface area contributed by atoms with Gasteiger partial charge in [0.25, 0.3) is 0 Å². The molecule has 1 radical (unpaired) electrons. The first-order chi connectivity index (χ1) is 11.1. The Morgan fingerprint density at radius 2 is 1.12 bits per heavy atom. The van der Waals surface area contributed by atoms with Crippen LogP contribution in [-0.2, 0) is 9.47 Å². The fourth-order valence-corrected chi connectivity index (χ4v) is 7.05. The normalized spacial score (nSPS) is 52.1. The highest BCUT2D eigenvalue weighted by Crippen LogP contribution is 2.73. The maximum atomic E-state index is 6.63. The van der Waals surface area contributed by atoms with Gasteiger partial charge in [0.15, 0.2) is 6.29 Å². The van der Waals surface area contributed by atoms with Crippen molar-refractivity contribution in [3.8, 4) is 0 Å². The second-order valence-corrected chi connectivity index (χ2v) is 10.8. The number of rotatable bonds is 4. The first kappa shape index (κ1) is 17.3. The van der Waals surface area contributed by atoms with Crippen molar-refractivity contribution < 1.29 is 9.47 Å². The van der Waals surface area contributed by atoms with E-state index in [9.17, 15) is 0 Å². The Morgan fingerprint density at radius 3 is 1.50 bits per heavy atom. The number of fused-ring (bicyclic) bond motifs is 2. The van der Waals surface area contributed by atoms with E-state index in [-0.39, 0.29) is 28.3 Å². The van der Waals surface area contributed by atoms with Crippen LogP contribution < -0.4 is 0 Å². The average Bonchev–Trinajstić information content (AvgIpc) is 3.12. The molecule has 0 heterocycles. The van der Waals surface area contributed by atoms with Gasteiger partial charge in [0.2, 0.25) is 0 Å². The molecule has 0 saturated heterocycles. The van der Waals surface area contributed by atoms with Gasteiger partial charge in [-0.2, -0.15) is 0 Å². The molecule has 2 heteroatoms. The molecule has 0 aromatic heterocycles. The lowest BCUT2D eigenvalue weighted by molar-refractivity contribution is -0.217. The Labute approximate surface area is 149 Å². The van der Waals surface area contributed by atoms with Crippen molar-refractivity contribution in [3.05, 3.63) is 6.92 Å². The van der Waals surface area contributed by atoms with E-state index in [1.807, 2.05) is 0 Å². The molecule has 0 aliphatic heterocycles. The molecule has 24 heavy (non-hydrogen) atoms. The van der Waals surface area contributed by atoms with Gasteiger partial charge in [-0.05, 0) is 60.2 Å². The number of hydrogen-bond acceptors (Lipinski definition) is 2. The summed E-state index contributed by atoms with van der Waals surface area (Å²) in [7, 11) is 0. The second kappa shape index (κ2) is 5.00. The van der Waals surface area contributed by atoms with Crippen LogP contribution >= 0.6 is 0 Å². The van der Waals surface area contributed by atoms with Crippen molar-refractivity contribution in [2.45, 2.75) is 97.6 Å². The zero-order valence-corrected chi connectivity index (χ0v) is 16.7. The van der Waals surface area contributed by atoms with Crippen LogP contribution in [0.5, 0.6) is 0 Å². The topological polar surface area (TPSA) is 18.5 Å². The summed E-state index contributed by atoms with van der Waals surface area (Å²) in [6.07, 6.45) is 7.33. The molecule has 137 valence electrons. The fourth-order valence-electron chi connectivity index (χ4n) is 7.05. The Kier molecular flexibility index (Phi) is 3.61. The molecule has 0 N–H and O–H groups in total. The smallest absolute Gasteiger partial charge is 0.159 e. The van der Waals surface area contributed by atoms with Crippen LogP contribution in [0.4, 0.5) is 0 Å². The van der Waals surface area contributed by atoms with Crippen LogP contribution in [0.15, 0.2) is 0 Å². The van der Waals surface area contributed by atoms with E-state index in [0.717, 1.165) is 11.8 Å². The summed E-state index contributed by atoms with van der Waals surface area (Å²) in [6.45, 7) is 18.6. The van der Waals surface area contributed by atoms with Gasteiger partial charge in [-0.1, -0.05) is 54.4 Å². The summed E-state index contributed by atoms with van der Waals surface area (Å²) in [4.78, 5) is 0. The van der Waals surface area contributed by atoms with Crippen LogP contribution in [0.1, 0.15) is 80.1 Å². The maximum Gasteiger partial charge on any atom is 0.159 e. The van der Waals surface area contributed by atoms with Gasteiger partial charge in [0.1, 0.15) is 0 Å². The van der Waals surface area contributed by atoms with Gasteiger partial charge >= 0.3 is 0 Å². The molecule has 4 aliphatic carbocycles. The summed E-state index contributed by atoms with van der Waals surface area (Å²) < 4.78 is 13.3. The summed E-state index contributed by atoms with van der Waals surface area (Å²) in [5.41, 5.74) is 0.602. The van der Waals surface area contributed by atoms with E-state index < -0.39 is 0 Å². The summed E-state index contributed by atoms with van der Waals surface area (Å²) >= 11 is 0. The van der Waals surface area contributed by atoms with Crippen LogP contribution in [-0.4, -0.2) is 17.5 Å². The monoisotopic (exact) mass is 333 g/mol. The lowest BCUT2D eigenvalue weighted by Crippen LogP contribution is -2.38. The van der Waals surface area contributed by atoms with Crippen molar-refractivity contribution in [3.63, 3.8) is 0 Å². The van der Waals surface area contributed by atoms with Crippen molar-refractivity contribution in [2.75, 3.05) is 0 Å². The number of hydrogen-bond donors (Lipinski definition) is 0. The van der Waals surface area contributed by atoms with E-state index in [2.05, 4.69) is 48.5 Å². The Hall–Kier alpha value is -0.0800. The molecule has 0 aromatic rings. The highest BCUT2D eigenvalue weighted by atomic mass is 16.7. The SMILES string of the molecule is [CH2]C(OC12CC(C)CCC1C2(C)C)OC12CC(C)CCC1C2(C)C. The molecule has 4 fully saturated rings. The van der Waals surface area contributed by atoms with E-state index in [1.54, 1.807) is 0 Å². The van der Waals surface area contributed by atoms with Gasteiger partial charge in [0, 0.05) is 6.92 Å². The lowest BCUT2D eigenvalue weighted by atomic mass is 9.88. The van der Waals surface area contributed by atoms with E-state index in [1.165, 1.54) is 38.5 Å². The van der Waals surface area contributed by atoms with Crippen LogP contribution in [0, 0.1) is 41.4 Å². The maximum absolute atomic E-state index is 6.63. The zero-order valence-electron chi connectivity index (χ0n) is 16.7. The Morgan fingerprint density at radius 1 is 0.750 bits per heavy atom. The van der Waals surface area contributed by atoms with E-state index >= 15 is 0 Å². The lowest BCUT2D eigenvalue weighted by Gasteiger charge is -2.35. The van der Waals surface area contributed by atoms with Crippen molar-refractivity contribution in [1.29, 1.82) is 0 Å². The standard InChI is InChI=1S/C22H37O2/c1-14-8-10-17-19(4,5)21(17,12-14)23-16(3)24-22-13-15(2)9-11-18(22)20(22,6)7/h14-18H,3,8-13H2,1-2,4-7H3. The van der Waals surface area contributed by atoms with Crippen LogP contribution in [0.3, 0.4) is 0 Å². The van der Waals surface area contributed by atoms with Gasteiger partial charge < -0.3 is 9.47 Å². The third-order valence-corrected chi connectivity index (χ3v) is 8.77. The minimum absolute atomic E-state index is 0.0164. The van der Waals surface area contributed by atoms with Crippen LogP contribution in [0.2, 0.25) is 0 Å². The third-order valence-electron chi connectivity index (χ3n) is 8.77. The first-order valence-electron chi connectivity index (χ1n) is 10.3. The summed E-state index contributed by atoms with van der Waals surface area (Å²) in [6, 6.07) is 0. The zero-order chi connectivity index (χ0) is 17.5. The van der Waals surface area contributed by atoms with E-state index in [4.69, 9.17) is 9.47 Å². The van der Waals surface area contributed by atoms with Crippen molar-refractivity contribution in [2.24, 2.45) is 34.5 Å². The molecule has 2 nitrogen and oxygen atoms in total. The average molecular weight is 334 g/mol. The molecule has 0 amide bonds. The third kappa shape index (κ3) is 2.08. The summed E-state index contributed by atoms with van der Waals surface area (Å²) in [5, 5.41) is 0. The molecule has 0 aromatic carbocycles. The molecule has 0 bridgehead atoms. The highest BCUT2D eigenvalue weighted by Gasteiger charge is 2.76. The van der Waals surface area contributed by atoms with Gasteiger partial charge in [0.05, 0.1) is 11.2 Å². The van der Waals surface area contributed by atoms with Gasteiger partial charge in [-0.25, -0.2) is 0 Å². The number of ether oxygens (including phenoxy) is 2. The predicted octanol–water partition coefficient (Wildman–Crippen LogP) is 5.61. The first-order valence-corrected chi connectivity index (χ1v) is 10.3. The molecule has 4 aliphatic rings. The second-order valence-electron chi connectivity index (χ2n) is 10.8. The van der Waals surface area contributed by atoms with Crippen LogP contribution in [0.25, 0.3) is 0 Å². The van der Waals surface area contributed by atoms with Crippen molar-refractivity contribution >= 4 is 0 Å². The van der Waals surface area contributed by atoms with Gasteiger partial charge in [-0.15, -0.1) is 0 Å². The molecule has 6 unspecified atom stereocenters. The molecular weight excluding hydrogens is 296 g/mol. The Bertz CT molecular complexity index is 478. The quantitative estimate of drug-likeness (QED) is 0.623. The highest BCUT2D eigenvalue weighted by molar-refractivity contribution is 5.24. The predicted molar refractivity (Wildman–Crippen MR) is 97.3 cm³/mol. The largest absolute Gasteiger partial charge is 0.345 e. The minimum Gasteiger partial charge on any atom is -0.345 e. The van der Waals surface area contributed by atoms with E-state index in [0.29, 0.717) is 11.8 Å².